The molecule has 24 heavy (non-hydrogen) atoms. The first kappa shape index (κ1) is 15.9. The van der Waals surface area contributed by atoms with Crippen molar-refractivity contribution >= 4 is 11.8 Å². The first-order chi connectivity index (χ1) is 11.8. The molecule has 6 heteroatoms. The summed E-state index contributed by atoms with van der Waals surface area (Å²) in [6.45, 7) is 4.30. The molecule has 0 radical (unpaired) electrons. The average molecular weight is 320 g/mol. The fourth-order valence-electron chi connectivity index (χ4n) is 2.35. The first-order valence-electron chi connectivity index (χ1n) is 7.97. The van der Waals surface area contributed by atoms with Gasteiger partial charge in [0.2, 0.25) is 5.95 Å². The molecule has 1 N–H and O–H groups in total. The summed E-state index contributed by atoms with van der Waals surface area (Å²) in [5.41, 5.74) is 2.17. The van der Waals surface area contributed by atoms with E-state index in [9.17, 15) is 0 Å². The number of rotatable bonds is 7. The van der Waals surface area contributed by atoms with Gasteiger partial charge in [-0.15, -0.1) is 5.10 Å². The number of nitrogens with zero attached hydrogens (tertiary/aromatic N) is 5. The second kappa shape index (κ2) is 8.01. The molecule has 0 aliphatic heterocycles. The van der Waals surface area contributed by atoms with Crippen molar-refractivity contribution in [1.29, 1.82) is 0 Å². The number of hydrogen-bond donors (Lipinski definition) is 1. The summed E-state index contributed by atoms with van der Waals surface area (Å²) in [6.07, 6.45) is 3.46. The highest BCUT2D eigenvalue weighted by molar-refractivity contribution is 5.41. The van der Waals surface area contributed by atoms with Gasteiger partial charge in [-0.3, -0.25) is 4.98 Å². The summed E-state index contributed by atoms with van der Waals surface area (Å²) in [4.78, 5) is 11.0. The second-order valence-corrected chi connectivity index (χ2v) is 5.31. The number of hydrogen-bond acceptors (Lipinski definition) is 6. The van der Waals surface area contributed by atoms with Crippen LogP contribution in [-0.2, 0) is 13.1 Å². The van der Waals surface area contributed by atoms with Crippen LogP contribution in [0.1, 0.15) is 18.2 Å². The average Bonchev–Trinajstić information content (AvgIpc) is 2.66. The highest BCUT2D eigenvalue weighted by Crippen LogP contribution is 2.14. The van der Waals surface area contributed by atoms with E-state index in [4.69, 9.17) is 0 Å². The number of nitrogens with one attached hydrogen (secondary N) is 1. The molecule has 0 aliphatic carbocycles. The van der Waals surface area contributed by atoms with E-state index >= 15 is 0 Å². The topological polar surface area (TPSA) is 66.8 Å². The van der Waals surface area contributed by atoms with Crippen LogP contribution in [0.25, 0.3) is 0 Å². The maximum Gasteiger partial charge on any atom is 0.245 e. The Morgan fingerprint density at radius 3 is 2.62 bits per heavy atom. The fraction of sp³-hybridized carbons (Fsp3) is 0.222. The lowest BCUT2D eigenvalue weighted by Gasteiger charge is -2.21. The van der Waals surface area contributed by atoms with Gasteiger partial charge in [-0.05, 0) is 24.6 Å². The van der Waals surface area contributed by atoms with E-state index in [0.717, 1.165) is 24.6 Å². The minimum Gasteiger partial charge on any atom is -0.351 e. The van der Waals surface area contributed by atoms with Crippen LogP contribution in [0, 0.1) is 0 Å². The van der Waals surface area contributed by atoms with Gasteiger partial charge in [0.25, 0.3) is 0 Å². The summed E-state index contributed by atoms with van der Waals surface area (Å²) in [5, 5.41) is 11.3. The third-order valence-electron chi connectivity index (χ3n) is 3.62. The Morgan fingerprint density at radius 2 is 1.88 bits per heavy atom. The summed E-state index contributed by atoms with van der Waals surface area (Å²) < 4.78 is 0. The molecule has 0 saturated heterocycles. The molecular formula is C18H20N6. The molecule has 3 rings (SSSR count). The molecule has 2 heterocycles. The van der Waals surface area contributed by atoms with E-state index in [2.05, 4.69) is 49.4 Å². The molecule has 0 unspecified atom stereocenters. The van der Waals surface area contributed by atoms with Gasteiger partial charge in [0.05, 0.1) is 18.4 Å². The van der Waals surface area contributed by atoms with Crippen molar-refractivity contribution in [3.8, 4) is 0 Å². The first-order valence-corrected chi connectivity index (χ1v) is 7.97. The molecule has 2 aromatic heterocycles. The molecule has 0 spiro atoms. The Balaban J connectivity index is 1.69. The molecule has 3 aromatic rings. The number of anilines is 2. The molecule has 0 bridgehead atoms. The van der Waals surface area contributed by atoms with Gasteiger partial charge < -0.3 is 10.2 Å². The van der Waals surface area contributed by atoms with Gasteiger partial charge in [0.1, 0.15) is 0 Å². The van der Waals surface area contributed by atoms with Crippen molar-refractivity contribution in [2.24, 2.45) is 0 Å². The summed E-state index contributed by atoms with van der Waals surface area (Å²) in [5.74, 6) is 1.31. The van der Waals surface area contributed by atoms with Gasteiger partial charge in [-0.25, -0.2) is 0 Å². The minimum absolute atomic E-state index is 0.504. The predicted octanol–water partition coefficient (Wildman–Crippen LogP) is 2.91. The second-order valence-electron chi connectivity index (χ2n) is 5.31. The van der Waals surface area contributed by atoms with Gasteiger partial charge in [0, 0.05) is 19.3 Å². The number of benzene rings is 1. The Bertz CT molecular complexity index is 748. The van der Waals surface area contributed by atoms with Gasteiger partial charge in [-0.1, -0.05) is 36.4 Å². The standard InChI is InChI=1S/C18H20N6/c1-2-24(14-15-8-4-3-5-9-15)17-13-21-23-18(22-17)20-12-16-10-6-7-11-19-16/h3-11,13H,2,12,14H2,1H3,(H,20,22,23). The monoisotopic (exact) mass is 320 g/mol. The Morgan fingerprint density at radius 1 is 1.04 bits per heavy atom. The third-order valence-corrected chi connectivity index (χ3v) is 3.62. The van der Waals surface area contributed by atoms with E-state index in [1.807, 2.05) is 36.4 Å². The largest absolute Gasteiger partial charge is 0.351 e. The fourth-order valence-corrected chi connectivity index (χ4v) is 2.35. The van der Waals surface area contributed by atoms with Gasteiger partial charge in [0.15, 0.2) is 5.82 Å². The number of pyridine rings is 1. The Kier molecular flexibility index (Phi) is 5.29. The van der Waals surface area contributed by atoms with E-state index < -0.39 is 0 Å². The van der Waals surface area contributed by atoms with E-state index in [1.54, 1.807) is 12.4 Å². The van der Waals surface area contributed by atoms with Crippen molar-refractivity contribution in [2.75, 3.05) is 16.8 Å². The zero-order valence-electron chi connectivity index (χ0n) is 13.6. The summed E-state index contributed by atoms with van der Waals surface area (Å²) in [6, 6.07) is 16.1. The molecule has 0 fully saturated rings. The van der Waals surface area contributed by atoms with Crippen molar-refractivity contribution in [2.45, 2.75) is 20.0 Å². The molecule has 0 atom stereocenters. The van der Waals surface area contributed by atoms with Crippen LogP contribution in [0.3, 0.4) is 0 Å². The lowest BCUT2D eigenvalue weighted by molar-refractivity contribution is 0.795. The highest BCUT2D eigenvalue weighted by Gasteiger charge is 2.09. The van der Waals surface area contributed by atoms with Crippen molar-refractivity contribution < 1.29 is 0 Å². The van der Waals surface area contributed by atoms with Gasteiger partial charge in [-0.2, -0.15) is 10.1 Å². The third kappa shape index (κ3) is 4.25. The predicted molar refractivity (Wildman–Crippen MR) is 94.6 cm³/mol. The van der Waals surface area contributed by atoms with E-state index in [1.165, 1.54) is 5.56 Å². The van der Waals surface area contributed by atoms with Crippen LogP contribution in [0.4, 0.5) is 11.8 Å². The molecular weight excluding hydrogens is 300 g/mol. The summed E-state index contributed by atoms with van der Waals surface area (Å²) >= 11 is 0. The highest BCUT2D eigenvalue weighted by atomic mass is 15.3. The maximum atomic E-state index is 4.57. The van der Waals surface area contributed by atoms with E-state index in [0.29, 0.717) is 12.5 Å². The molecule has 0 amide bonds. The zero-order valence-corrected chi connectivity index (χ0v) is 13.6. The Hall–Kier alpha value is -3.02. The molecule has 1 aromatic carbocycles. The van der Waals surface area contributed by atoms with Gasteiger partial charge >= 0.3 is 0 Å². The number of aromatic nitrogens is 4. The van der Waals surface area contributed by atoms with E-state index in [-0.39, 0.29) is 0 Å². The molecule has 6 nitrogen and oxygen atoms in total. The lowest BCUT2D eigenvalue weighted by Crippen LogP contribution is -2.24. The zero-order chi connectivity index (χ0) is 16.6. The molecule has 122 valence electrons. The van der Waals surface area contributed by atoms with Crippen LogP contribution in [0.5, 0.6) is 0 Å². The molecule has 0 aliphatic rings. The van der Waals surface area contributed by atoms with Crippen molar-refractivity contribution in [1.82, 2.24) is 20.2 Å². The maximum absolute atomic E-state index is 4.57. The normalized spacial score (nSPS) is 10.4. The van der Waals surface area contributed by atoms with Crippen LogP contribution in [0.2, 0.25) is 0 Å². The Labute approximate surface area is 141 Å². The smallest absolute Gasteiger partial charge is 0.245 e. The van der Waals surface area contributed by atoms with Crippen LogP contribution < -0.4 is 10.2 Å². The minimum atomic E-state index is 0.504. The van der Waals surface area contributed by atoms with Crippen LogP contribution in [0.15, 0.2) is 60.9 Å². The lowest BCUT2D eigenvalue weighted by atomic mass is 10.2. The van der Waals surface area contributed by atoms with Crippen molar-refractivity contribution in [3.63, 3.8) is 0 Å². The summed E-state index contributed by atoms with van der Waals surface area (Å²) in [7, 11) is 0. The van der Waals surface area contributed by atoms with Crippen LogP contribution in [-0.4, -0.2) is 26.7 Å². The quantitative estimate of drug-likeness (QED) is 0.722. The van der Waals surface area contributed by atoms with Crippen LogP contribution >= 0.6 is 0 Å². The molecule has 0 saturated carbocycles. The SMILES string of the molecule is CCN(Cc1ccccc1)c1cnnc(NCc2ccccn2)n1. The van der Waals surface area contributed by atoms with Crippen molar-refractivity contribution in [3.05, 3.63) is 72.2 Å².